The van der Waals surface area contributed by atoms with Crippen molar-refractivity contribution in [1.29, 1.82) is 0 Å². The molecule has 0 atom stereocenters. The van der Waals surface area contributed by atoms with Crippen molar-refractivity contribution >= 4 is 17.1 Å². The van der Waals surface area contributed by atoms with Gasteiger partial charge in [0.05, 0.1) is 12.7 Å². The maximum atomic E-state index is 11.1. The van der Waals surface area contributed by atoms with Crippen LogP contribution in [0.1, 0.15) is 10.4 Å². The minimum atomic E-state index is -0.384. The summed E-state index contributed by atoms with van der Waals surface area (Å²) in [5, 5.41) is 0. The van der Waals surface area contributed by atoms with Gasteiger partial charge in [0.1, 0.15) is 5.52 Å². The molecule has 0 saturated heterocycles. The zero-order chi connectivity index (χ0) is 9.26. The van der Waals surface area contributed by atoms with E-state index in [1.807, 2.05) is 0 Å². The first-order chi connectivity index (χ1) is 6.31. The van der Waals surface area contributed by atoms with Crippen LogP contribution in [0.5, 0.6) is 0 Å². The summed E-state index contributed by atoms with van der Waals surface area (Å²) < 4.78 is 9.45. The highest BCUT2D eigenvalue weighted by molar-refractivity contribution is 5.93. The molecule has 0 fully saturated rings. The van der Waals surface area contributed by atoms with Gasteiger partial charge in [-0.3, -0.25) is 0 Å². The first kappa shape index (κ1) is 7.79. The van der Waals surface area contributed by atoms with Gasteiger partial charge in [-0.15, -0.1) is 0 Å². The monoisotopic (exact) mass is 176 g/mol. The third-order valence-electron chi connectivity index (χ3n) is 1.70. The number of ether oxygens (including phenoxy) is 1. The number of carbonyl (C=O) groups is 1. The van der Waals surface area contributed by atoms with Crippen LogP contribution >= 0.6 is 0 Å². The number of aromatic nitrogens is 1. The first-order valence-electron chi connectivity index (χ1n) is 3.66. The Morgan fingerprint density at radius 1 is 1.62 bits per heavy atom. The molecule has 0 aliphatic carbocycles. The molecule has 4 nitrogen and oxygen atoms in total. The van der Waals surface area contributed by atoms with E-state index in [1.165, 1.54) is 7.11 Å². The Morgan fingerprint density at radius 3 is 3.23 bits per heavy atom. The summed E-state index contributed by atoms with van der Waals surface area (Å²) in [6, 6.07) is 4.87. The summed E-state index contributed by atoms with van der Waals surface area (Å²) in [5.74, 6) is -0.384. The van der Waals surface area contributed by atoms with Gasteiger partial charge in [0.2, 0.25) is 0 Å². The summed E-state index contributed by atoms with van der Waals surface area (Å²) in [5.41, 5.74) is 1.66. The van der Waals surface area contributed by atoms with E-state index in [1.54, 1.807) is 18.2 Å². The molecule has 2 aromatic rings. The lowest BCUT2D eigenvalue weighted by molar-refractivity contribution is 0.0601. The van der Waals surface area contributed by atoms with Crippen molar-refractivity contribution in [3.63, 3.8) is 0 Å². The molecule has 13 heavy (non-hydrogen) atoms. The van der Waals surface area contributed by atoms with Crippen molar-refractivity contribution in [2.75, 3.05) is 7.11 Å². The highest BCUT2D eigenvalue weighted by Crippen LogP contribution is 2.14. The molecule has 1 aromatic carbocycles. The molecule has 0 amide bonds. The molecule has 0 unspecified atom stereocenters. The van der Waals surface area contributed by atoms with E-state index in [2.05, 4.69) is 16.1 Å². The van der Waals surface area contributed by atoms with Crippen LogP contribution in [0.3, 0.4) is 0 Å². The number of fused-ring (bicyclic) bond motifs is 1. The largest absolute Gasteiger partial charge is 0.465 e. The Kier molecular flexibility index (Phi) is 1.73. The minimum absolute atomic E-state index is 0.384. The first-order valence-corrected chi connectivity index (χ1v) is 3.66. The number of esters is 1. The topological polar surface area (TPSA) is 52.3 Å². The summed E-state index contributed by atoms with van der Waals surface area (Å²) in [7, 11) is 1.33. The van der Waals surface area contributed by atoms with Gasteiger partial charge in [0.15, 0.2) is 5.58 Å². The molecule has 0 spiro atoms. The van der Waals surface area contributed by atoms with E-state index >= 15 is 0 Å². The van der Waals surface area contributed by atoms with Gasteiger partial charge in [-0.1, -0.05) is 0 Å². The molecule has 1 aromatic heterocycles. The van der Waals surface area contributed by atoms with E-state index in [0.717, 1.165) is 0 Å². The Bertz CT molecular complexity index is 447. The van der Waals surface area contributed by atoms with Crippen LogP contribution in [0.2, 0.25) is 0 Å². The van der Waals surface area contributed by atoms with E-state index in [-0.39, 0.29) is 5.97 Å². The average Bonchev–Trinajstić information content (AvgIpc) is 2.63. The molecule has 0 aliphatic heterocycles. The van der Waals surface area contributed by atoms with Crippen LogP contribution < -0.4 is 0 Å². The van der Waals surface area contributed by atoms with Crippen molar-refractivity contribution in [2.24, 2.45) is 0 Å². The molecular weight excluding hydrogens is 170 g/mol. The predicted molar refractivity (Wildman–Crippen MR) is 44.2 cm³/mol. The second-order valence-corrected chi connectivity index (χ2v) is 2.48. The smallest absolute Gasteiger partial charge is 0.337 e. The van der Waals surface area contributed by atoms with Gasteiger partial charge < -0.3 is 9.15 Å². The number of benzene rings is 1. The van der Waals surface area contributed by atoms with Crippen molar-refractivity contribution in [1.82, 2.24) is 4.98 Å². The summed E-state index contributed by atoms with van der Waals surface area (Å²) in [6.45, 7) is 0. The van der Waals surface area contributed by atoms with Gasteiger partial charge in [-0.05, 0) is 18.2 Å². The zero-order valence-electron chi connectivity index (χ0n) is 6.90. The van der Waals surface area contributed by atoms with Crippen molar-refractivity contribution in [2.45, 2.75) is 0 Å². The lowest BCUT2D eigenvalue weighted by atomic mass is 10.2. The van der Waals surface area contributed by atoms with Crippen LogP contribution in [-0.4, -0.2) is 18.1 Å². The predicted octanol–water partition coefficient (Wildman–Crippen LogP) is 1.41. The van der Waals surface area contributed by atoms with Crippen LogP contribution in [0.25, 0.3) is 11.1 Å². The third kappa shape index (κ3) is 1.26. The average molecular weight is 176 g/mol. The van der Waals surface area contributed by atoms with Gasteiger partial charge in [0.25, 0.3) is 6.39 Å². The molecule has 0 bridgehead atoms. The van der Waals surface area contributed by atoms with Gasteiger partial charge >= 0.3 is 5.97 Å². The third-order valence-corrected chi connectivity index (χ3v) is 1.70. The summed E-state index contributed by atoms with van der Waals surface area (Å²) in [4.78, 5) is 14.9. The summed E-state index contributed by atoms with van der Waals surface area (Å²) in [6.07, 6.45) is 2.34. The number of rotatable bonds is 1. The number of nitrogens with zero attached hydrogens (tertiary/aromatic N) is 1. The van der Waals surface area contributed by atoms with Crippen LogP contribution in [0.15, 0.2) is 22.6 Å². The number of hydrogen-bond acceptors (Lipinski definition) is 4. The van der Waals surface area contributed by atoms with Crippen molar-refractivity contribution in [3.8, 4) is 0 Å². The quantitative estimate of drug-likeness (QED) is 0.616. The molecule has 0 saturated carbocycles. The van der Waals surface area contributed by atoms with Crippen LogP contribution in [0, 0.1) is 6.39 Å². The van der Waals surface area contributed by atoms with E-state index in [9.17, 15) is 4.79 Å². The molecule has 1 heterocycles. The maximum absolute atomic E-state index is 11.1. The Labute approximate surface area is 74.1 Å². The van der Waals surface area contributed by atoms with Gasteiger partial charge in [-0.2, -0.15) is 0 Å². The standard InChI is InChI=1S/C9H6NO3/c1-12-9(11)6-2-3-8-7(4-6)10-5-13-8/h2-4H,1H3. The maximum Gasteiger partial charge on any atom is 0.337 e. The van der Waals surface area contributed by atoms with E-state index in [0.29, 0.717) is 16.7 Å². The molecule has 4 heteroatoms. The van der Waals surface area contributed by atoms with E-state index < -0.39 is 0 Å². The van der Waals surface area contributed by atoms with Crippen molar-refractivity contribution < 1.29 is 13.9 Å². The minimum Gasteiger partial charge on any atom is -0.465 e. The highest BCUT2D eigenvalue weighted by Gasteiger charge is 2.07. The van der Waals surface area contributed by atoms with Crippen molar-refractivity contribution in [3.05, 3.63) is 30.2 Å². The van der Waals surface area contributed by atoms with Gasteiger partial charge in [-0.25, -0.2) is 9.78 Å². The Hall–Kier alpha value is -1.84. The number of oxazole rings is 1. The lowest BCUT2D eigenvalue weighted by Gasteiger charge is -1.96. The molecule has 65 valence electrons. The molecule has 2 rings (SSSR count). The Morgan fingerprint density at radius 2 is 2.46 bits per heavy atom. The van der Waals surface area contributed by atoms with Gasteiger partial charge in [0, 0.05) is 0 Å². The second-order valence-electron chi connectivity index (χ2n) is 2.48. The van der Waals surface area contributed by atoms with Crippen LogP contribution in [-0.2, 0) is 4.74 Å². The van der Waals surface area contributed by atoms with E-state index in [4.69, 9.17) is 4.42 Å². The fourth-order valence-electron chi connectivity index (χ4n) is 1.06. The fraction of sp³-hybridized carbons (Fsp3) is 0.111. The molecule has 0 N–H and O–H groups in total. The number of methoxy groups -OCH3 is 1. The Balaban J connectivity index is 2.54. The fourth-order valence-corrected chi connectivity index (χ4v) is 1.06. The number of hydrogen-bond donors (Lipinski definition) is 0. The SMILES string of the molecule is COC(=O)c1ccc2o[c]nc2c1. The molecule has 0 aliphatic rings. The highest BCUT2D eigenvalue weighted by atomic mass is 16.5. The molecular formula is C9H6NO3. The molecule has 1 radical (unpaired) electrons. The number of carbonyl (C=O) groups excluding carboxylic acids is 1. The second kappa shape index (κ2) is 2.90. The zero-order valence-corrected chi connectivity index (χ0v) is 6.90. The lowest BCUT2D eigenvalue weighted by Crippen LogP contribution is -2.00. The van der Waals surface area contributed by atoms with Crippen LogP contribution in [0.4, 0.5) is 0 Å². The summed E-state index contributed by atoms with van der Waals surface area (Å²) >= 11 is 0. The normalized spacial score (nSPS) is 10.2.